The minimum Gasteiger partial charge on any atom is -0.310 e. The summed E-state index contributed by atoms with van der Waals surface area (Å²) >= 11 is 0. The van der Waals surface area contributed by atoms with Gasteiger partial charge in [-0.2, -0.15) is 0 Å². The first-order valence-corrected chi connectivity index (χ1v) is 21.6. The number of fused-ring (bicyclic) bond motifs is 4. The summed E-state index contributed by atoms with van der Waals surface area (Å²) in [7, 11) is 0. The van der Waals surface area contributed by atoms with E-state index < -0.39 is 0 Å². The predicted octanol–water partition coefficient (Wildman–Crippen LogP) is 17.0. The molecule has 0 radical (unpaired) electrons. The van der Waals surface area contributed by atoms with Crippen LogP contribution in [-0.4, -0.2) is 0 Å². The van der Waals surface area contributed by atoms with Crippen molar-refractivity contribution in [3.63, 3.8) is 0 Å². The van der Waals surface area contributed by atoms with E-state index in [4.69, 9.17) is 0 Å². The summed E-state index contributed by atoms with van der Waals surface area (Å²) in [6.07, 6.45) is 0. The van der Waals surface area contributed by atoms with Crippen LogP contribution in [0, 0.1) is 0 Å². The van der Waals surface area contributed by atoms with Crippen molar-refractivity contribution in [2.24, 2.45) is 0 Å². The molecule has 1 aliphatic carbocycles. The molecular weight excluding hydrogens is 747 g/mol. The Labute approximate surface area is 364 Å². The predicted molar refractivity (Wildman–Crippen MR) is 263 cm³/mol. The van der Waals surface area contributed by atoms with E-state index in [1.165, 1.54) is 88.7 Å². The van der Waals surface area contributed by atoms with Gasteiger partial charge in [-0.3, -0.25) is 0 Å². The summed E-state index contributed by atoms with van der Waals surface area (Å²) in [6.45, 7) is 4.73. The molecular formula is C61H45N. The highest BCUT2D eigenvalue weighted by molar-refractivity contribution is 5.90. The Morgan fingerprint density at radius 2 is 0.726 bits per heavy atom. The van der Waals surface area contributed by atoms with Gasteiger partial charge in [0, 0.05) is 22.5 Å². The fourth-order valence-electron chi connectivity index (χ4n) is 9.69. The molecule has 11 rings (SSSR count). The van der Waals surface area contributed by atoms with Gasteiger partial charge in [-0.05, 0) is 137 Å². The highest BCUT2D eigenvalue weighted by Gasteiger charge is 2.37. The Balaban J connectivity index is 0.966. The third kappa shape index (κ3) is 6.69. The van der Waals surface area contributed by atoms with Crippen LogP contribution in [0.25, 0.3) is 77.5 Å². The Morgan fingerprint density at radius 1 is 0.274 bits per heavy atom. The monoisotopic (exact) mass is 791 g/mol. The number of rotatable bonds is 8. The van der Waals surface area contributed by atoms with E-state index in [2.05, 4.69) is 255 Å². The lowest BCUT2D eigenvalue weighted by Crippen LogP contribution is -2.16. The topological polar surface area (TPSA) is 3.24 Å². The van der Waals surface area contributed by atoms with Crippen molar-refractivity contribution in [1.82, 2.24) is 0 Å². The van der Waals surface area contributed by atoms with Gasteiger partial charge in [0.2, 0.25) is 0 Å². The lowest BCUT2D eigenvalue weighted by molar-refractivity contribution is 0.662. The average molecular weight is 792 g/mol. The molecule has 0 atom stereocenters. The van der Waals surface area contributed by atoms with Crippen molar-refractivity contribution in [1.29, 1.82) is 0 Å². The quantitative estimate of drug-likeness (QED) is 0.148. The molecule has 0 fully saturated rings. The molecule has 1 nitrogen and oxygen atoms in total. The standard InChI is InChI=1S/C61H45N/c1-61(2)59-24-9-8-21-57(59)58-23-12-22-56(60(58)61)47-33-37-54(38-34-47)62(55-20-11-19-51(41-55)45-27-25-44(26-28-45)42-13-4-3-5-14-42)53-35-31-46(32-36-53)49-17-10-18-50(39-49)52-30-29-43-15-6-7-16-48(43)40-52/h3-41H,1-2H3. The van der Waals surface area contributed by atoms with E-state index in [0.29, 0.717) is 0 Å². The maximum atomic E-state index is 2.39. The van der Waals surface area contributed by atoms with Gasteiger partial charge in [0.05, 0.1) is 0 Å². The molecule has 0 aliphatic heterocycles. The van der Waals surface area contributed by atoms with Crippen molar-refractivity contribution in [2.45, 2.75) is 19.3 Å². The van der Waals surface area contributed by atoms with E-state index >= 15 is 0 Å². The second-order valence-corrected chi connectivity index (χ2v) is 17.0. The molecule has 0 unspecified atom stereocenters. The fourth-order valence-corrected chi connectivity index (χ4v) is 9.69. The lowest BCUT2D eigenvalue weighted by Gasteiger charge is -2.27. The maximum Gasteiger partial charge on any atom is 0.0467 e. The molecule has 0 N–H and O–H groups in total. The van der Waals surface area contributed by atoms with Gasteiger partial charge in [0.25, 0.3) is 0 Å². The highest BCUT2D eigenvalue weighted by Crippen LogP contribution is 2.52. The van der Waals surface area contributed by atoms with E-state index in [0.717, 1.165) is 17.1 Å². The van der Waals surface area contributed by atoms with Crippen LogP contribution in [0.15, 0.2) is 237 Å². The molecule has 1 aliphatic rings. The van der Waals surface area contributed by atoms with Gasteiger partial charge in [-0.1, -0.05) is 202 Å². The van der Waals surface area contributed by atoms with Crippen LogP contribution < -0.4 is 4.90 Å². The number of anilines is 3. The minimum atomic E-state index is -0.0935. The Bertz CT molecular complexity index is 3230. The van der Waals surface area contributed by atoms with Crippen LogP contribution in [0.2, 0.25) is 0 Å². The zero-order valence-corrected chi connectivity index (χ0v) is 35.0. The summed E-state index contributed by atoms with van der Waals surface area (Å²) in [5.74, 6) is 0. The molecule has 0 heterocycles. The second kappa shape index (κ2) is 15.4. The third-order valence-corrected chi connectivity index (χ3v) is 12.9. The molecule has 0 spiro atoms. The maximum absolute atomic E-state index is 2.39. The van der Waals surface area contributed by atoms with Crippen molar-refractivity contribution in [3.8, 4) is 66.8 Å². The van der Waals surface area contributed by atoms with E-state index in [1.807, 2.05) is 0 Å². The van der Waals surface area contributed by atoms with Crippen molar-refractivity contribution in [3.05, 3.63) is 248 Å². The average Bonchev–Trinajstić information content (AvgIpc) is 3.58. The largest absolute Gasteiger partial charge is 0.310 e. The zero-order chi connectivity index (χ0) is 41.6. The molecule has 0 amide bonds. The first kappa shape index (κ1) is 37.3. The number of hydrogen-bond donors (Lipinski definition) is 0. The second-order valence-electron chi connectivity index (χ2n) is 17.0. The summed E-state index contributed by atoms with van der Waals surface area (Å²) in [5, 5.41) is 2.51. The summed E-state index contributed by atoms with van der Waals surface area (Å²) < 4.78 is 0. The molecule has 10 aromatic carbocycles. The van der Waals surface area contributed by atoms with Gasteiger partial charge < -0.3 is 4.90 Å². The molecule has 0 saturated heterocycles. The van der Waals surface area contributed by atoms with Crippen LogP contribution in [0.1, 0.15) is 25.0 Å². The number of hydrogen-bond acceptors (Lipinski definition) is 1. The zero-order valence-electron chi connectivity index (χ0n) is 35.0. The van der Waals surface area contributed by atoms with Crippen LogP contribution in [0.5, 0.6) is 0 Å². The van der Waals surface area contributed by atoms with Crippen LogP contribution >= 0.6 is 0 Å². The number of benzene rings is 10. The van der Waals surface area contributed by atoms with Crippen molar-refractivity contribution >= 4 is 27.8 Å². The van der Waals surface area contributed by atoms with Gasteiger partial charge in [-0.15, -0.1) is 0 Å². The molecule has 0 aromatic heterocycles. The molecule has 10 aromatic rings. The first-order chi connectivity index (χ1) is 30.5. The molecule has 0 bridgehead atoms. The van der Waals surface area contributed by atoms with Gasteiger partial charge >= 0.3 is 0 Å². The van der Waals surface area contributed by atoms with Gasteiger partial charge in [0.15, 0.2) is 0 Å². The van der Waals surface area contributed by atoms with E-state index in [9.17, 15) is 0 Å². The lowest BCUT2D eigenvalue weighted by atomic mass is 9.79. The van der Waals surface area contributed by atoms with E-state index in [1.54, 1.807) is 0 Å². The van der Waals surface area contributed by atoms with Crippen LogP contribution in [0.4, 0.5) is 17.1 Å². The summed E-state index contributed by atoms with van der Waals surface area (Å²) in [4.78, 5) is 2.39. The fraction of sp³-hybridized carbons (Fsp3) is 0.0492. The van der Waals surface area contributed by atoms with Crippen molar-refractivity contribution < 1.29 is 0 Å². The Hall–Kier alpha value is -7.74. The van der Waals surface area contributed by atoms with Crippen LogP contribution in [0.3, 0.4) is 0 Å². The van der Waals surface area contributed by atoms with Crippen LogP contribution in [-0.2, 0) is 5.41 Å². The molecule has 0 saturated carbocycles. The third-order valence-electron chi connectivity index (χ3n) is 12.9. The van der Waals surface area contributed by atoms with Gasteiger partial charge in [0.1, 0.15) is 0 Å². The molecule has 294 valence electrons. The Morgan fingerprint density at radius 3 is 1.45 bits per heavy atom. The van der Waals surface area contributed by atoms with Gasteiger partial charge in [-0.25, -0.2) is 0 Å². The summed E-state index contributed by atoms with van der Waals surface area (Å²) in [6, 6.07) is 86.5. The number of nitrogens with zero attached hydrogens (tertiary/aromatic N) is 1. The SMILES string of the molecule is CC1(C)c2ccccc2-c2cccc(-c3ccc(N(c4ccc(-c5cccc(-c6ccc7ccccc7c6)c5)cc4)c4cccc(-c5ccc(-c6ccccc6)cc5)c4)cc3)c21. The first-order valence-electron chi connectivity index (χ1n) is 21.6. The molecule has 62 heavy (non-hydrogen) atoms. The summed E-state index contributed by atoms with van der Waals surface area (Å²) in [5.41, 5.74) is 20.8. The van der Waals surface area contributed by atoms with Crippen molar-refractivity contribution in [2.75, 3.05) is 4.90 Å². The molecule has 1 heteroatoms. The highest BCUT2D eigenvalue weighted by atomic mass is 15.1. The van der Waals surface area contributed by atoms with E-state index in [-0.39, 0.29) is 5.41 Å². The Kier molecular flexibility index (Phi) is 9.24. The smallest absolute Gasteiger partial charge is 0.0467 e. The normalized spacial score (nSPS) is 12.5. The minimum absolute atomic E-state index is 0.0935.